The summed E-state index contributed by atoms with van der Waals surface area (Å²) in [4.78, 5) is 0. The van der Waals surface area contributed by atoms with Crippen LogP contribution in [-0.4, -0.2) is 4.57 Å². The summed E-state index contributed by atoms with van der Waals surface area (Å²) in [5.74, 6) is 0.647. The Morgan fingerprint density at radius 2 is 1.86 bits per heavy atom. The molecule has 1 aromatic heterocycles. The number of nitrogens with zero attached hydrogens (tertiary/aromatic N) is 1. The van der Waals surface area contributed by atoms with E-state index in [0.717, 1.165) is 22.4 Å². The molecule has 22 heavy (non-hydrogen) atoms. The Morgan fingerprint density at radius 1 is 1.09 bits per heavy atom. The van der Waals surface area contributed by atoms with Gasteiger partial charge in [-0.3, -0.25) is 0 Å². The van der Waals surface area contributed by atoms with Crippen LogP contribution in [0, 0.1) is 12.7 Å². The third-order valence-corrected chi connectivity index (χ3v) is 3.78. The van der Waals surface area contributed by atoms with E-state index in [1.54, 1.807) is 6.07 Å². The van der Waals surface area contributed by atoms with Crippen LogP contribution in [0.1, 0.15) is 31.1 Å². The summed E-state index contributed by atoms with van der Waals surface area (Å²) in [6.07, 6.45) is 0. The van der Waals surface area contributed by atoms with E-state index >= 15 is 0 Å². The van der Waals surface area contributed by atoms with Crippen molar-refractivity contribution in [2.24, 2.45) is 0 Å². The van der Waals surface area contributed by atoms with Crippen molar-refractivity contribution in [2.75, 3.05) is 0 Å². The molecule has 3 aromatic rings. The van der Waals surface area contributed by atoms with Gasteiger partial charge in [-0.25, -0.2) is 4.39 Å². The number of hydrogen-bond donors (Lipinski definition) is 0. The Morgan fingerprint density at radius 3 is 2.59 bits per heavy atom. The van der Waals surface area contributed by atoms with E-state index in [2.05, 4.69) is 13.8 Å². The molecule has 0 aliphatic heterocycles. The second-order valence-electron chi connectivity index (χ2n) is 5.88. The molecule has 0 atom stereocenters. The van der Waals surface area contributed by atoms with Gasteiger partial charge in [-0.2, -0.15) is 0 Å². The first-order valence-electron chi connectivity index (χ1n) is 7.54. The van der Waals surface area contributed by atoms with E-state index in [9.17, 15) is 4.39 Å². The van der Waals surface area contributed by atoms with E-state index in [1.807, 2.05) is 47.9 Å². The second-order valence-corrected chi connectivity index (χ2v) is 5.88. The van der Waals surface area contributed by atoms with Gasteiger partial charge >= 0.3 is 0 Å². The van der Waals surface area contributed by atoms with Crippen molar-refractivity contribution >= 4 is 10.9 Å². The van der Waals surface area contributed by atoms with Gasteiger partial charge in [0.2, 0.25) is 0 Å². The van der Waals surface area contributed by atoms with Crippen LogP contribution in [0.5, 0.6) is 5.75 Å². The topological polar surface area (TPSA) is 14.2 Å². The van der Waals surface area contributed by atoms with Crippen LogP contribution >= 0.6 is 0 Å². The van der Waals surface area contributed by atoms with Crippen molar-refractivity contribution < 1.29 is 9.13 Å². The first kappa shape index (κ1) is 14.6. The molecule has 0 bridgehead atoms. The van der Waals surface area contributed by atoms with Crippen LogP contribution in [-0.2, 0) is 6.61 Å². The Hall–Kier alpha value is -2.29. The van der Waals surface area contributed by atoms with Gasteiger partial charge in [0, 0.05) is 11.4 Å². The fourth-order valence-electron chi connectivity index (χ4n) is 2.86. The van der Waals surface area contributed by atoms with E-state index in [0.29, 0.717) is 12.1 Å². The molecular formula is C19H20FNO. The highest BCUT2D eigenvalue weighted by Gasteiger charge is 2.15. The predicted molar refractivity (Wildman–Crippen MR) is 87.8 cm³/mol. The number of ether oxygens (including phenoxy) is 1. The molecule has 1 heterocycles. The molecule has 0 saturated carbocycles. The lowest BCUT2D eigenvalue weighted by Crippen LogP contribution is -2.09. The summed E-state index contributed by atoms with van der Waals surface area (Å²) < 4.78 is 22.1. The van der Waals surface area contributed by atoms with Gasteiger partial charge in [0.1, 0.15) is 18.2 Å². The molecule has 0 N–H and O–H groups in total. The lowest BCUT2D eigenvalue weighted by Gasteiger charge is -2.15. The maximum Gasteiger partial charge on any atom is 0.147 e. The summed E-state index contributed by atoms with van der Waals surface area (Å²) >= 11 is 0. The van der Waals surface area contributed by atoms with E-state index < -0.39 is 0 Å². The number of fused-ring (bicyclic) bond motifs is 1. The summed E-state index contributed by atoms with van der Waals surface area (Å²) in [6.45, 7) is 6.58. The van der Waals surface area contributed by atoms with Crippen LogP contribution in [0.3, 0.4) is 0 Å². The molecular weight excluding hydrogens is 277 g/mol. The summed E-state index contributed by atoms with van der Waals surface area (Å²) in [5.41, 5.74) is 2.80. The number of benzene rings is 2. The maximum atomic E-state index is 14.2. The highest BCUT2D eigenvalue weighted by Crippen LogP contribution is 2.27. The Kier molecular flexibility index (Phi) is 3.88. The van der Waals surface area contributed by atoms with Crippen LogP contribution in [0.25, 0.3) is 10.9 Å². The lowest BCUT2D eigenvalue weighted by molar-refractivity contribution is 0.292. The quantitative estimate of drug-likeness (QED) is 0.641. The van der Waals surface area contributed by atoms with Crippen molar-refractivity contribution in [3.63, 3.8) is 0 Å². The van der Waals surface area contributed by atoms with Crippen molar-refractivity contribution in [1.29, 1.82) is 0 Å². The van der Waals surface area contributed by atoms with E-state index in [1.165, 1.54) is 6.07 Å². The Balaban J connectivity index is 1.96. The zero-order valence-corrected chi connectivity index (χ0v) is 13.1. The fraction of sp³-hybridized carbons (Fsp3) is 0.263. The number of para-hydroxylation sites is 1. The Bertz CT molecular complexity index is 804. The molecule has 0 amide bonds. The Labute approximate surface area is 130 Å². The number of aryl methyl sites for hydroxylation is 1. The minimum atomic E-state index is -0.187. The molecule has 0 spiro atoms. The molecule has 0 fully saturated rings. The molecule has 3 heteroatoms. The number of rotatable bonds is 4. The molecule has 3 rings (SSSR count). The zero-order chi connectivity index (χ0) is 15.7. The van der Waals surface area contributed by atoms with Crippen LogP contribution in [0.4, 0.5) is 4.39 Å². The van der Waals surface area contributed by atoms with Gasteiger partial charge in [0.15, 0.2) is 0 Å². The van der Waals surface area contributed by atoms with Crippen molar-refractivity contribution in [3.05, 3.63) is 65.6 Å². The van der Waals surface area contributed by atoms with Gasteiger partial charge in [-0.15, -0.1) is 0 Å². The average Bonchev–Trinajstić information content (AvgIpc) is 2.85. The number of aromatic nitrogens is 1. The molecule has 2 aromatic carbocycles. The summed E-state index contributed by atoms with van der Waals surface area (Å²) in [7, 11) is 0. The predicted octanol–water partition coefficient (Wildman–Crippen LogP) is 5.25. The minimum absolute atomic E-state index is 0.172. The van der Waals surface area contributed by atoms with Crippen LogP contribution in [0.2, 0.25) is 0 Å². The van der Waals surface area contributed by atoms with Crippen molar-refractivity contribution in [1.82, 2.24) is 4.57 Å². The molecule has 0 saturated heterocycles. The number of hydrogen-bond acceptors (Lipinski definition) is 1. The van der Waals surface area contributed by atoms with Crippen LogP contribution < -0.4 is 4.74 Å². The maximum absolute atomic E-state index is 14.2. The molecule has 2 nitrogen and oxygen atoms in total. The molecule has 0 unspecified atom stereocenters. The third kappa shape index (κ3) is 2.71. The third-order valence-electron chi connectivity index (χ3n) is 3.78. The fourth-order valence-corrected chi connectivity index (χ4v) is 2.86. The van der Waals surface area contributed by atoms with Crippen molar-refractivity contribution in [3.8, 4) is 5.75 Å². The average molecular weight is 297 g/mol. The van der Waals surface area contributed by atoms with Gasteiger partial charge in [-0.05, 0) is 50.6 Å². The first-order chi connectivity index (χ1) is 10.6. The largest absolute Gasteiger partial charge is 0.487 e. The summed E-state index contributed by atoms with van der Waals surface area (Å²) in [6, 6.07) is 15.3. The van der Waals surface area contributed by atoms with Gasteiger partial charge < -0.3 is 9.30 Å². The highest BCUT2D eigenvalue weighted by molar-refractivity contribution is 5.82. The molecule has 0 radical (unpaired) electrons. The van der Waals surface area contributed by atoms with Gasteiger partial charge in [-0.1, -0.05) is 24.3 Å². The van der Waals surface area contributed by atoms with E-state index in [4.69, 9.17) is 4.74 Å². The number of halogens is 1. The SMILES string of the molecule is Cc1cccc(OCc2cc3cccc(F)c3n2C(C)C)c1. The smallest absolute Gasteiger partial charge is 0.147 e. The lowest BCUT2D eigenvalue weighted by atomic mass is 10.2. The second kappa shape index (κ2) is 5.84. The van der Waals surface area contributed by atoms with Crippen molar-refractivity contribution in [2.45, 2.75) is 33.4 Å². The highest BCUT2D eigenvalue weighted by atomic mass is 19.1. The van der Waals surface area contributed by atoms with E-state index in [-0.39, 0.29) is 11.9 Å². The normalized spacial score (nSPS) is 11.3. The minimum Gasteiger partial charge on any atom is -0.487 e. The van der Waals surface area contributed by atoms with Gasteiger partial charge in [0.05, 0.1) is 11.2 Å². The van der Waals surface area contributed by atoms with Crippen LogP contribution in [0.15, 0.2) is 48.5 Å². The zero-order valence-electron chi connectivity index (χ0n) is 13.1. The molecule has 114 valence electrons. The summed E-state index contributed by atoms with van der Waals surface area (Å²) in [5, 5.41) is 0.913. The first-order valence-corrected chi connectivity index (χ1v) is 7.54. The monoisotopic (exact) mass is 297 g/mol. The molecule has 0 aliphatic rings. The molecule has 0 aliphatic carbocycles. The van der Waals surface area contributed by atoms with Gasteiger partial charge in [0.25, 0.3) is 0 Å². The standard InChI is InChI=1S/C19H20FNO/c1-13(2)21-16(11-15-7-5-9-18(20)19(15)21)12-22-17-8-4-6-14(3)10-17/h4-11,13H,12H2,1-3H3.